The van der Waals surface area contributed by atoms with Gasteiger partial charge >= 0.3 is 0 Å². The Bertz CT molecular complexity index is 1380. The van der Waals surface area contributed by atoms with E-state index in [1.54, 1.807) is 23.1 Å². The lowest BCUT2D eigenvalue weighted by molar-refractivity contribution is -0.124. The number of amides is 2. The molecule has 0 radical (unpaired) electrons. The summed E-state index contributed by atoms with van der Waals surface area (Å²) < 4.78 is 13.3. The highest BCUT2D eigenvalue weighted by molar-refractivity contribution is 8.02. The van der Waals surface area contributed by atoms with Crippen molar-refractivity contribution in [2.24, 2.45) is 0 Å². The van der Waals surface area contributed by atoms with Gasteiger partial charge in [-0.15, -0.1) is 11.8 Å². The number of nitrogens with zero attached hydrogens (tertiary/aromatic N) is 4. The topological polar surface area (TPSA) is 47.1 Å². The van der Waals surface area contributed by atoms with Crippen LogP contribution >= 0.6 is 23.4 Å². The number of benzene rings is 3. The van der Waals surface area contributed by atoms with Crippen LogP contribution in [0, 0.1) is 12.7 Å². The summed E-state index contributed by atoms with van der Waals surface area (Å²) in [6, 6.07) is 19.8. The molecule has 0 aliphatic carbocycles. The zero-order valence-corrected chi connectivity index (χ0v) is 21.9. The number of thioether (sulfide) groups is 1. The molecule has 190 valence electrons. The maximum absolute atomic E-state index is 14.3. The average molecular weight is 537 g/mol. The first-order valence-corrected chi connectivity index (χ1v) is 13.6. The monoisotopic (exact) mass is 536 g/mol. The summed E-state index contributed by atoms with van der Waals surface area (Å²) >= 11 is 7.80. The van der Waals surface area contributed by atoms with Gasteiger partial charge in [-0.05, 0) is 55.0 Å². The Kier molecular flexibility index (Phi) is 6.13. The fourth-order valence-electron chi connectivity index (χ4n) is 5.42. The zero-order valence-electron chi connectivity index (χ0n) is 20.4. The molecule has 1 unspecified atom stereocenters. The molecule has 1 spiro atoms. The average Bonchev–Trinajstić information content (AvgIpc) is 3.37. The summed E-state index contributed by atoms with van der Waals surface area (Å²) in [6.07, 6.45) is 0. The predicted octanol–water partition coefficient (Wildman–Crippen LogP) is 4.85. The highest BCUT2D eigenvalue weighted by Crippen LogP contribution is 2.55. The van der Waals surface area contributed by atoms with Crippen LogP contribution in [-0.2, 0) is 14.5 Å². The van der Waals surface area contributed by atoms with E-state index in [1.165, 1.54) is 23.9 Å². The number of hydrogen-bond donors (Lipinski definition) is 0. The molecule has 37 heavy (non-hydrogen) atoms. The summed E-state index contributed by atoms with van der Waals surface area (Å²) in [7, 11) is 0. The van der Waals surface area contributed by atoms with Crippen molar-refractivity contribution in [1.29, 1.82) is 0 Å². The molecule has 2 amide bonds. The van der Waals surface area contributed by atoms with Crippen LogP contribution in [0.1, 0.15) is 11.1 Å². The summed E-state index contributed by atoms with van der Waals surface area (Å²) in [6.45, 7) is 5.44. The van der Waals surface area contributed by atoms with Gasteiger partial charge in [0.05, 0.1) is 18.1 Å². The fourth-order valence-corrected chi connectivity index (χ4v) is 6.95. The third kappa shape index (κ3) is 3.98. The lowest BCUT2D eigenvalue weighted by Crippen LogP contribution is -2.54. The molecule has 3 aromatic rings. The Morgan fingerprint density at radius 3 is 2.38 bits per heavy atom. The first-order chi connectivity index (χ1) is 17.9. The number of carbonyl (C=O) groups excluding carboxylic acids is 2. The fraction of sp³-hybridized carbons (Fsp3) is 0.286. The predicted molar refractivity (Wildman–Crippen MR) is 147 cm³/mol. The molecule has 0 aromatic heterocycles. The third-order valence-electron chi connectivity index (χ3n) is 7.38. The maximum Gasteiger partial charge on any atom is 0.269 e. The minimum Gasteiger partial charge on any atom is -0.369 e. The van der Waals surface area contributed by atoms with Crippen molar-refractivity contribution in [3.8, 4) is 0 Å². The van der Waals surface area contributed by atoms with Crippen molar-refractivity contribution < 1.29 is 14.0 Å². The first-order valence-electron chi connectivity index (χ1n) is 12.3. The van der Waals surface area contributed by atoms with Crippen LogP contribution in [0.5, 0.6) is 0 Å². The van der Waals surface area contributed by atoms with Crippen molar-refractivity contribution in [1.82, 2.24) is 4.90 Å². The molecule has 6 rings (SSSR count). The first kappa shape index (κ1) is 24.3. The number of halogens is 2. The van der Waals surface area contributed by atoms with E-state index in [0.29, 0.717) is 17.4 Å². The molecule has 3 aromatic carbocycles. The van der Waals surface area contributed by atoms with Crippen LogP contribution in [0.25, 0.3) is 0 Å². The Morgan fingerprint density at radius 1 is 0.946 bits per heavy atom. The van der Waals surface area contributed by atoms with E-state index < -0.39 is 4.87 Å². The maximum atomic E-state index is 14.3. The van der Waals surface area contributed by atoms with E-state index in [-0.39, 0.29) is 23.4 Å². The van der Waals surface area contributed by atoms with Gasteiger partial charge in [0.1, 0.15) is 5.82 Å². The van der Waals surface area contributed by atoms with Crippen molar-refractivity contribution in [3.05, 3.63) is 88.7 Å². The van der Waals surface area contributed by atoms with Crippen LogP contribution in [0.15, 0.2) is 66.7 Å². The minimum absolute atomic E-state index is 0.108. The summed E-state index contributed by atoms with van der Waals surface area (Å²) in [5.74, 6) is -0.242. The van der Waals surface area contributed by atoms with E-state index in [4.69, 9.17) is 11.6 Å². The standard InChI is InChI=1S/C28H26ClFN4O2S/c1-19-6-9-22(16-24(19)29)34-26(35)17-37-28(34)23-4-2-3-5-25(23)33(27(28)36)18-31-12-14-32(15-13-31)21-10-7-20(30)8-11-21/h2-11,16H,12-15,17-18H2,1H3. The van der Waals surface area contributed by atoms with Crippen molar-refractivity contribution in [2.75, 3.05) is 53.3 Å². The molecule has 3 aliphatic heterocycles. The Balaban J connectivity index is 1.28. The molecule has 1 atom stereocenters. The van der Waals surface area contributed by atoms with E-state index in [1.807, 2.05) is 48.2 Å². The largest absolute Gasteiger partial charge is 0.369 e. The second-order valence-electron chi connectivity index (χ2n) is 9.57. The van der Waals surface area contributed by atoms with E-state index in [9.17, 15) is 14.0 Å². The van der Waals surface area contributed by atoms with Gasteiger partial charge in [0.2, 0.25) is 10.8 Å². The number of piperazine rings is 1. The van der Waals surface area contributed by atoms with Crippen molar-refractivity contribution in [2.45, 2.75) is 11.8 Å². The summed E-state index contributed by atoms with van der Waals surface area (Å²) in [5, 5.41) is 0.562. The second kappa shape index (κ2) is 9.35. The van der Waals surface area contributed by atoms with Crippen LogP contribution < -0.4 is 14.7 Å². The van der Waals surface area contributed by atoms with Gasteiger partial charge in [-0.2, -0.15) is 0 Å². The lowest BCUT2D eigenvalue weighted by atomic mass is 10.0. The van der Waals surface area contributed by atoms with Gasteiger partial charge < -0.3 is 4.90 Å². The van der Waals surface area contributed by atoms with E-state index in [2.05, 4.69) is 9.80 Å². The molecule has 6 nitrogen and oxygen atoms in total. The van der Waals surface area contributed by atoms with Crippen LogP contribution in [0.2, 0.25) is 5.02 Å². The number of hydrogen-bond acceptors (Lipinski definition) is 5. The van der Waals surface area contributed by atoms with Gasteiger partial charge in [-0.1, -0.05) is 35.9 Å². The molecule has 0 N–H and O–H groups in total. The second-order valence-corrected chi connectivity index (χ2v) is 11.1. The number of fused-ring (bicyclic) bond motifs is 2. The SMILES string of the molecule is Cc1ccc(N2C(=O)CSC23C(=O)N(CN2CCN(c4ccc(F)cc4)CC2)c2ccccc23)cc1Cl. The molecule has 0 bridgehead atoms. The van der Waals surface area contributed by atoms with E-state index in [0.717, 1.165) is 48.7 Å². The highest BCUT2D eigenvalue weighted by atomic mass is 35.5. The third-order valence-corrected chi connectivity index (χ3v) is 9.18. The summed E-state index contributed by atoms with van der Waals surface area (Å²) in [4.78, 5) is 34.3. The number of para-hydroxylation sites is 1. The van der Waals surface area contributed by atoms with Crippen LogP contribution in [0.3, 0.4) is 0 Å². The Hall–Kier alpha value is -3.07. The molecule has 3 aliphatic rings. The quantitative estimate of drug-likeness (QED) is 0.477. The summed E-state index contributed by atoms with van der Waals surface area (Å²) in [5.41, 5.74) is 4.20. The lowest BCUT2D eigenvalue weighted by Gasteiger charge is -2.38. The van der Waals surface area contributed by atoms with E-state index >= 15 is 0 Å². The van der Waals surface area contributed by atoms with Gasteiger partial charge in [-0.25, -0.2) is 4.39 Å². The number of aryl methyl sites for hydroxylation is 1. The molecule has 0 saturated carbocycles. The highest BCUT2D eigenvalue weighted by Gasteiger charge is 2.61. The molecule has 9 heteroatoms. The molecular weight excluding hydrogens is 511 g/mol. The van der Waals surface area contributed by atoms with Gasteiger partial charge in [0.25, 0.3) is 5.91 Å². The normalized spacial score (nSPS) is 21.9. The van der Waals surface area contributed by atoms with Gasteiger partial charge in [0.15, 0.2) is 0 Å². The smallest absolute Gasteiger partial charge is 0.269 e. The number of rotatable bonds is 4. The Labute approximate surface area is 224 Å². The van der Waals surface area contributed by atoms with Gasteiger partial charge in [-0.3, -0.25) is 24.3 Å². The number of anilines is 3. The molecule has 2 fully saturated rings. The molecule has 3 heterocycles. The van der Waals surface area contributed by atoms with Crippen molar-refractivity contribution in [3.63, 3.8) is 0 Å². The van der Waals surface area contributed by atoms with Crippen molar-refractivity contribution >= 4 is 52.2 Å². The van der Waals surface area contributed by atoms with Crippen LogP contribution in [-0.4, -0.2) is 55.3 Å². The minimum atomic E-state index is -1.15. The molecular formula is C28H26ClFN4O2S. The Morgan fingerprint density at radius 2 is 1.65 bits per heavy atom. The van der Waals surface area contributed by atoms with Crippen LogP contribution in [0.4, 0.5) is 21.5 Å². The number of carbonyl (C=O) groups is 2. The zero-order chi connectivity index (χ0) is 25.7. The molecule has 2 saturated heterocycles. The van der Waals surface area contributed by atoms with Gasteiger partial charge in [0, 0.05) is 48.1 Å².